The van der Waals surface area contributed by atoms with Gasteiger partial charge >= 0.3 is 24.2 Å². The van der Waals surface area contributed by atoms with Crippen LogP contribution in [0.5, 0.6) is 0 Å². The van der Waals surface area contributed by atoms with E-state index in [1.165, 1.54) is 18.2 Å². The van der Waals surface area contributed by atoms with Gasteiger partial charge in [0.05, 0.1) is 16.7 Å². The summed E-state index contributed by atoms with van der Waals surface area (Å²) in [6.45, 7) is 4.26. The van der Waals surface area contributed by atoms with E-state index in [9.17, 15) is 32.7 Å². The lowest BCUT2D eigenvalue weighted by Crippen LogP contribution is -2.39. The number of likely N-dealkylation sites (tertiary alicyclic amines) is 1. The van der Waals surface area contributed by atoms with Gasteiger partial charge in [-0.05, 0) is 79.3 Å². The first-order chi connectivity index (χ1) is 19.3. The average Bonchev–Trinajstić information content (AvgIpc) is 2.93. The molecule has 1 heterocycles. The molecule has 3 aromatic carbocycles. The Bertz CT molecular complexity index is 1410. The molecule has 0 aromatic heterocycles. The van der Waals surface area contributed by atoms with Crippen LogP contribution < -0.4 is 0 Å². The van der Waals surface area contributed by atoms with Crippen LogP contribution in [0.3, 0.4) is 0 Å². The highest BCUT2D eigenvalue weighted by Crippen LogP contribution is 2.30. The summed E-state index contributed by atoms with van der Waals surface area (Å²) < 4.78 is 43.1. The highest BCUT2D eigenvalue weighted by Gasteiger charge is 2.30. The Kier molecular flexibility index (Phi) is 10.4. The van der Waals surface area contributed by atoms with E-state index < -0.39 is 29.8 Å². The molecular formula is C30H29ClF3NO6. The second-order valence-corrected chi connectivity index (χ2v) is 10.1. The zero-order valence-corrected chi connectivity index (χ0v) is 23.1. The van der Waals surface area contributed by atoms with Crippen LogP contribution in [0, 0.1) is 13.8 Å². The number of nitrogens with zero attached hydrogens (tertiary/aromatic N) is 1. The number of alkyl halides is 3. The van der Waals surface area contributed by atoms with Crippen LogP contribution in [-0.4, -0.2) is 46.2 Å². The summed E-state index contributed by atoms with van der Waals surface area (Å²) in [5.74, 6) is -1.93. The van der Waals surface area contributed by atoms with Crippen molar-refractivity contribution in [2.75, 3.05) is 13.1 Å². The minimum Gasteiger partial charge on any atom is -0.478 e. The summed E-state index contributed by atoms with van der Waals surface area (Å²) in [6.07, 6.45) is -3.37. The zero-order chi connectivity index (χ0) is 30.3. The number of benzene rings is 3. The lowest BCUT2D eigenvalue weighted by atomic mass is 9.89. The van der Waals surface area contributed by atoms with Gasteiger partial charge in [0.1, 0.15) is 6.61 Å². The number of piperidine rings is 1. The zero-order valence-electron chi connectivity index (χ0n) is 22.4. The van der Waals surface area contributed by atoms with Crippen molar-refractivity contribution in [3.63, 3.8) is 0 Å². The van der Waals surface area contributed by atoms with Crippen LogP contribution >= 0.6 is 11.6 Å². The number of hydrogen-bond acceptors (Lipinski definition) is 4. The molecule has 11 heteroatoms. The van der Waals surface area contributed by atoms with E-state index in [2.05, 4.69) is 0 Å². The Labute approximate surface area is 240 Å². The lowest BCUT2D eigenvalue weighted by Gasteiger charge is -2.32. The smallest absolute Gasteiger partial charge is 0.416 e. The molecule has 4 rings (SSSR count). The first kappa shape index (κ1) is 31.5. The largest absolute Gasteiger partial charge is 0.478 e. The van der Waals surface area contributed by atoms with Gasteiger partial charge in [0.25, 0.3) is 0 Å². The van der Waals surface area contributed by atoms with Crippen molar-refractivity contribution in [1.29, 1.82) is 0 Å². The summed E-state index contributed by atoms with van der Waals surface area (Å²) in [4.78, 5) is 35.9. The highest BCUT2D eigenvalue weighted by atomic mass is 35.5. The predicted octanol–water partition coefficient (Wildman–Crippen LogP) is 7.57. The summed E-state index contributed by atoms with van der Waals surface area (Å²) in [5.41, 5.74) is 2.48. The molecule has 1 fully saturated rings. The van der Waals surface area contributed by atoms with E-state index in [1.807, 2.05) is 6.07 Å². The number of aromatic carboxylic acids is 2. The standard InChI is InChI=1S/C22H22F3NO4.C8H7ClO2/c1-14-4-7-16(11-19(14)20(27)28)17-3-2-10-26(12-17)21(29)30-13-15-5-8-18(9-6-15)22(23,24)25;1-5-2-3-6(9)4-7(5)8(10)11/h4-9,11,17H,2-3,10,12-13H2,1H3,(H,27,28);2-4H,1H3,(H,10,11). The van der Waals surface area contributed by atoms with Crippen molar-refractivity contribution in [1.82, 2.24) is 4.90 Å². The summed E-state index contributed by atoms with van der Waals surface area (Å²) in [7, 11) is 0. The Morgan fingerprint density at radius 1 is 0.927 bits per heavy atom. The first-order valence-electron chi connectivity index (χ1n) is 12.7. The van der Waals surface area contributed by atoms with Gasteiger partial charge in [-0.2, -0.15) is 13.2 Å². The fourth-order valence-electron chi connectivity index (χ4n) is 4.39. The van der Waals surface area contributed by atoms with Gasteiger partial charge in [-0.3, -0.25) is 0 Å². The number of aryl methyl sites for hydroxylation is 2. The van der Waals surface area contributed by atoms with Crippen LogP contribution in [0.4, 0.5) is 18.0 Å². The van der Waals surface area contributed by atoms with Crippen molar-refractivity contribution in [3.05, 3.63) is 105 Å². The van der Waals surface area contributed by atoms with Gasteiger partial charge in [0.15, 0.2) is 0 Å². The van der Waals surface area contributed by atoms with Gasteiger partial charge in [-0.1, -0.05) is 41.9 Å². The Morgan fingerprint density at radius 2 is 1.51 bits per heavy atom. The highest BCUT2D eigenvalue weighted by molar-refractivity contribution is 6.30. The Balaban J connectivity index is 0.000000352. The monoisotopic (exact) mass is 591 g/mol. The van der Waals surface area contributed by atoms with E-state index >= 15 is 0 Å². The van der Waals surface area contributed by atoms with Crippen molar-refractivity contribution in [3.8, 4) is 0 Å². The van der Waals surface area contributed by atoms with Crippen LogP contribution in [0.25, 0.3) is 0 Å². The van der Waals surface area contributed by atoms with Gasteiger partial charge in [0, 0.05) is 24.0 Å². The van der Waals surface area contributed by atoms with Crippen molar-refractivity contribution < 1.29 is 42.5 Å². The molecule has 0 saturated carbocycles. The number of hydrogen-bond donors (Lipinski definition) is 2. The molecule has 0 bridgehead atoms. The third-order valence-corrected chi connectivity index (χ3v) is 6.95. The molecule has 1 aliphatic heterocycles. The van der Waals surface area contributed by atoms with E-state index in [1.54, 1.807) is 43.0 Å². The lowest BCUT2D eigenvalue weighted by molar-refractivity contribution is -0.137. The normalized spacial score (nSPS) is 15.0. The molecule has 41 heavy (non-hydrogen) atoms. The number of carboxylic acid groups (broad SMARTS) is 2. The Morgan fingerprint density at radius 3 is 2.07 bits per heavy atom. The quantitative estimate of drug-likeness (QED) is 0.317. The average molecular weight is 592 g/mol. The molecular weight excluding hydrogens is 563 g/mol. The van der Waals surface area contributed by atoms with Crippen LogP contribution in [0.1, 0.15) is 67.3 Å². The molecule has 2 N–H and O–H groups in total. The topological polar surface area (TPSA) is 104 Å². The minimum absolute atomic E-state index is 0.00364. The molecule has 1 aliphatic rings. The number of halogens is 4. The molecule has 218 valence electrons. The molecule has 1 amide bonds. The molecule has 1 unspecified atom stereocenters. The van der Waals surface area contributed by atoms with Gasteiger partial charge in [-0.15, -0.1) is 0 Å². The maximum absolute atomic E-state index is 12.6. The number of carboxylic acids is 2. The SMILES string of the molecule is Cc1ccc(C2CCCN(C(=O)OCc3ccc(C(F)(F)F)cc3)C2)cc1C(=O)O.Cc1ccc(Cl)cc1C(=O)O. The van der Waals surface area contributed by atoms with Crippen molar-refractivity contribution in [2.24, 2.45) is 0 Å². The predicted molar refractivity (Wildman–Crippen MR) is 146 cm³/mol. The molecule has 7 nitrogen and oxygen atoms in total. The fourth-order valence-corrected chi connectivity index (χ4v) is 4.56. The van der Waals surface area contributed by atoms with Crippen LogP contribution in [0.15, 0.2) is 60.7 Å². The van der Waals surface area contributed by atoms with E-state index in [0.29, 0.717) is 29.2 Å². The van der Waals surface area contributed by atoms with Gasteiger partial charge in [0.2, 0.25) is 0 Å². The minimum atomic E-state index is -4.41. The maximum Gasteiger partial charge on any atom is 0.416 e. The second kappa shape index (κ2) is 13.5. The number of amides is 1. The van der Waals surface area contributed by atoms with Crippen LogP contribution in [-0.2, 0) is 17.5 Å². The fraction of sp³-hybridized carbons (Fsp3) is 0.300. The third kappa shape index (κ3) is 8.72. The molecule has 0 aliphatic carbocycles. The van der Waals surface area contributed by atoms with Crippen molar-refractivity contribution in [2.45, 2.75) is 45.4 Å². The Hall–Kier alpha value is -4.05. The molecule has 3 aromatic rings. The number of carbonyl (C=O) groups is 3. The molecule has 1 atom stereocenters. The van der Waals surface area contributed by atoms with E-state index in [-0.39, 0.29) is 23.7 Å². The number of rotatable bonds is 5. The molecule has 1 saturated heterocycles. The molecule has 0 radical (unpaired) electrons. The summed E-state index contributed by atoms with van der Waals surface area (Å²) in [5, 5.41) is 18.4. The van der Waals surface area contributed by atoms with Gasteiger partial charge in [-0.25, -0.2) is 14.4 Å². The van der Waals surface area contributed by atoms with Gasteiger partial charge < -0.3 is 19.8 Å². The van der Waals surface area contributed by atoms with E-state index in [0.717, 1.165) is 36.1 Å². The van der Waals surface area contributed by atoms with E-state index in [4.69, 9.17) is 21.4 Å². The number of ether oxygens (including phenoxy) is 1. The second-order valence-electron chi connectivity index (χ2n) is 9.68. The van der Waals surface area contributed by atoms with Crippen molar-refractivity contribution >= 4 is 29.6 Å². The number of carbonyl (C=O) groups excluding carboxylic acids is 1. The summed E-state index contributed by atoms with van der Waals surface area (Å²) >= 11 is 5.60. The first-order valence-corrected chi connectivity index (χ1v) is 13.0. The van der Waals surface area contributed by atoms with Crippen LogP contribution in [0.2, 0.25) is 5.02 Å². The summed E-state index contributed by atoms with van der Waals surface area (Å²) in [6, 6.07) is 14.6. The maximum atomic E-state index is 12.6. The third-order valence-electron chi connectivity index (χ3n) is 6.72. The molecule has 0 spiro atoms.